The number of aliphatic hydroxyl groups is 1. The minimum atomic E-state index is -2.17. The van der Waals surface area contributed by atoms with Gasteiger partial charge >= 0.3 is 0 Å². The van der Waals surface area contributed by atoms with Gasteiger partial charge in [-0.05, 0) is 32.0 Å². The second-order valence-corrected chi connectivity index (χ2v) is 12.7. The zero-order valence-corrected chi connectivity index (χ0v) is 16.2. The first-order chi connectivity index (χ1) is 9.81. The van der Waals surface area contributed by atoms with E-state index >= 15 is 0 Å². The monoisotopic (exact) mass is 332 g/mol. The fourth-order valence-electron chi connectivity index (χ4n) is 2.10. The lowest BCUT2D eigenvalue weighted by atomic mass is 10.0. The molecule has 22 heavy (non-hydrogen) atoms. The highest BCUT2D eigenvalue weighted by molar-refractivity contribution is 6.74. The number of hydrogen-bond acceptors (Lipinski definition) is 5. The van der Waals surface area contributed by atoms with Gasteiger partial charge in [-0.1, -0.05) is 27.7 Å². The van der Waals surface area contributed by atoms with Crippen LogP contribution in [0.15, 0.2) is 0 Å². The summed E-state index contributed by atoms with van der Waals surface area (Å²) < 4.78 is 17.4. The summed E-state index contributed by atoms with van der Waals surface area (Å²) in [7, 11) is -2.17. The van der Waals surface area contributed by atoms with Crippen molar-refractivity contribution in [3.05, 3.63) is 0 Å². The van der Waals surface area contributed by atoms with Crippen molar-refractivity contribution in [2.75, 3.05) is 6.61 Å². The average molecular weight is 333 g/mol. The number of ketones is 1. The predicted molar refractivity (Wildman–Crippen MR) is 88.3 cm³/mol. The maximum absolute atomic E-state index is 12.3. The molecule has 3 atom stereocenters. The molecule has 0 aromatic rings. The quantitative estimate of drug-likeness (QED) is 0.758. The summed E-state index contributed by atoms with van der Waals surface area (Å²) in [5, 5.41) is 10.6. The van der Waals surface area contributed by atoms with Gasteiger partial charge in [-0.3, -0.25) is 4.79 Å². The molecule has 1 unspecified atom stereocenters. The Hall–Kier alpha value is -0.273. The summed E-state index contributed by atoms with van der Waals surface area (Å²) in [6.45, 7) is 16.1. The lowest BCUT2D eigenvalue weighted by molar-refractivity contribution is -0.163. The molecule has 0 aliphatic carbocycles. The minimum absolute atomic E-state index is 0.0364. The van der Waals surface area contributed by atoms with E-state index in [2.05, 4.69) is 33.9 Å². The van der Waals surface area contributed by atoms with Gasteiger partial charge in [0.1, 0.15) is 18.3 Å². The van der Waals surface area contributed by atoms with Crippen molar-refractivity contribution in [3.8, 4) is 0 Å². The lowest BCUT2D eigenvalue weighted by Gasteiger charge is -2.40. The lowest BCUT2D eigenvalue weighted by Crippen LogP contribution is -2.53. The highest BCUT2D eigenvalue weighted by Gasteiger charge is 2.46. The van der Waals surface area contributed by atoms with Crippen molar-refractivity contribution >= 4 is 14.1 Å². The molecule has 1 heterocycles. The first-order valence-corrected chi connectivity index (χ1v) is 10.9. The van der Waals surface area contributed by atoms with Crippen LogP contribution in [0.4, 0.5) is 0 Å². The van der Waals surface area contributed by atoms with Crippen molar-refractivity contribution in [3.63, 3.8) is 0 Å². The van der Waals surface area contributed by atoms with Gasteiger partial charge in [-0.2, -0.15) is 0 Å². The number of Topliss-reactive ketones (excluding diaryl/α,β-unsaturated/α-hetero) is 1. The molecule has 5 nitrogen and oxygen atoms in total. The minimum Gasteiger partial charge on any atom is -0.404 e. The highest BCUT2D eigenvalue weighted by Crippen LogP contribution is 2.38. The third-order valence-corrected chi connectivity index (χ3v) is 9.07. The van der Waals surface area contributed by atoms with E-state index in [4.69, 9.17) is 13.9 Å². The van der Waals surface area contributed by atoms with Crippen molar-refractivity contribution in [1.82, 2.24) is 0 Å². The molecule has 1 rings (SSSR count). The van der Waals surface area contributed by atoms with E-state index in [1.165, 1.54) is 0 Å². The average Bonchev–Trinajstić information content (AvgIpc) is 2.73. The van der Waals surface area contributed by atoms with Gasteiger partial charge in [0.25, 0.3) is 0 Å². The maximum Gasteiger partial charge on any atom is 0.193 e. The Labute approximate surface area is 135 Å². The number of carbonyl (C=O) groups excluding carboxylic acids is 1. The molecular weight excluding hydrogens is 300 g/mol. The summed E-state index contributed by atoms with van der Waals surface area (Å²) in [6, 6.07) is 0. The molecule has 1 aliphatic heterocycles. The summed E-state index contributed by atoms with van der Waals surface area (Å²) in [5.74, 6) is -0.826. The zero-order valence-electron chi connectivity index (χ0n) is 15.2. The van der Waals surface area contributed by atoms with E-state index in [9.17, 15) is 9.90 Å². The van der Waals surface area contributed by atoms with E-state index in [1.807, 2.05) is 0 Å². The second-order valence-electron chi connectivity index (χ2n) is 7.98. The molecule has 0 amide bonds. The fraction of sp³-hybridized carbons (Fsp3) is 0.938. The Balaban J connectivity index is 2.92. The van der Waals surface area contributed by atoms with E-state index in [0.717, 1.165) is 0 Å². The van der Waals surface area contributed by atoms with Crippen molar-refractivity contribution in [1.29, 1.82) is 0 Å². The molecule has 0 aromatic heterocycles. The summed E-state index contributed by atoms with van der Waals surface area (Å²) >= 11 is 0. The van der Waals surface area contributed by atoms with Gasteiger partial charge in [-0.25, -0.2) is 0 Å². The van der Waals surface area contributed by atoms with Crippen LogP contribution in [0.1, 0.15) is 48.0 Å². The van der Waals surface area contributed by atoms with Crippen molar-refractivity contribution < 1.29 is 23.8 Å². The third kappa shape index (κ3) is 4.61. The highest BCUT2D eigenvalue weighted by atomic mass is 28.4. The van der Waals surface area contributed by atoms with Crippen molar-refractivity contribution in [2.24, 2.45) is 0 Å². The van der Waals surface area contributed by atoms with Crippen LogP contribution in [0.2, 0.25) is 18.1 Å². The molecule has 1 N–H and O–H groups in total. The Morgan fingerprint density at radius 2 is 1.95 bits per heavy atom. The number of aliphatic hydroxyl groups excluding tert-OH is 1. The van der Waals surface area contributed by atoms with Crippen LogP contribution in [-0.2, 0) is 18.7 Å². The first kappa shape index (κ1) is 19.8. The van der Waals surface area contributed by atoms with E-state index < -0.39 is 32.4 Å². The molecule has 1 saturated heterocycles. The molecule has 130 valence electrons. The van der Waals surface area contributed by atoms with Gasteiger partial charge in [0.2, 0.25) is 0 Å². The first-order valence-electron chi connectivity index (χ1n) is 8.01. The molecule has 6 heteroatoms. The largest absolute Gasteiger partial charge is 0.404 e. The summed E-state index contributed by atoms with van der Waals surface area (Å²) in [6.07, 6.45) is -2.08. The van der Waals surface area contributed by atoms with E-state index in [0.29, 0.717) is 6.42 Å². The van der Waals surface area contributed by atoms with Crippen LogP contribution in [0.3, 0.4) is 0 Å². The van der Waals surface area contributed by atoms with Crippen LogP contribution in [0.25, 0.3) is 0 Å². The topological polar surface area (TPSA) is 65.0 Å². The molecule has 0 radical (unpaired) electrons. The third-order valence-electron chi connectivity index (χ3n) is 4.62. The molecule has 0 spiro atoms. The van der Waals surface area contributed by atoms with E-state index in [1.54, 1.807) is 20.8 Å². The smallest absolute Gasteiger partial charge is 0.193 e. The van der Waals surface area contributed by atoms with Crippen molar-refractivity contribution in [2.45, 2.75) is 90.2 Å². The van der Waals surface area contributed by atoms with Gasteiger partial charge < -0.3 is 19.0 Å². The Morgan fingerprint density at radius 3 is 2.32 bits per heavy atom. The number of ether oxygens (including phenoxy) is 2. The van der Waals surface area contributed by atoms with Crippen LogP contribution in [-0.4, -0.2) is 49.9 Å². The van der Waals surface area contributed by atoms with Crippen LogP contribution in [0, 0.1) is 0 Å². The molecular formula is C16H32O5Si. The van der Waals surface area contributed by atoms with Crippen LogP contribution < -0.4 is 0 Å². The molecule has 0 bridgehead atoms. The van der Waals surface area contributed by atoms with Gasteiger partial charge in [0.15, 0.2) is 19.9 Å². The van der Waals surface area contributed by atoms with Gasteiger partial charge in [0, 0.05) is 6.42 Å². The Bertz CT molecular complexity index is 400. The standard InChI is InChI=1S/C16H32O5Si/c1-9-11(17)14(21-22(7,8)15(2,3)4)13(18)12-10-19-16(5,6)20-12/h12-14,18H,9-10H2,1-8H3/t12-,13-,14?/m0/s1. The molecule has 0 saturated carbocycles. The number of rotatable bonds is 6. The molecule has 0 aromatic carbocycles. The normalized spacial score (nSPS) is 25.0. The Kier molecular flexibility index (Phi) is 6.01. The van der Waals surface area contributed by atoms with E-state index in [-0.39, 0.29) is 17.4 Å². The number of carbonyl (C=O) groups is 1. The SMILES string of the molecule is CCC(=O)C(O[Si](C)(C)C(C)(C)C)[C@@H](O)[C@@H]1COC(C)(C)O1. The summed E-state index contributed by atoms with van der Waals surface area (Å²) in [4.78, 5) is 12.3. The Morgan fingerprint density at radius 1 is 1.41 bits per heavy atom. The van der Waals surface area contributed by atoms with Crippen LogP contribution >= 0.6 is 0 Å². The second kappa shape index (κ2) is 6.69. The molecule has 1 aliphatic rings. The zero-order chi connectivity index (χ0) is 17.3. The van der Waals surface area contributed by atoms with Gasteiger partial charge in [-0.15, -0.1) is 0 Å². The maximum atomic E-state index is 12.3. The van der Waals surface area contributed by atoms with Crippen LogP contribution in [0.5, 0.6) is 0 Å². The fourth-order valence-corrected chi connectivity index (χ4v) is 3.36. The number of hydrogen-bond donors (Lipinski definition) is 1. The van der Waals surface area contributed by atoms with Gasteiger partial charge in [0.05, 0.1) is 6.61 Å². The predicted octanol–water partition coefficient (Wildman–Crippen LogP) is 2.87. The summed E-state index contributed by atoms with van der Waals surface area (Å²) in [5.41, 5.74) is 0. The molecule has 1 fully saturated rings.